The highest BCUT2D eigenvalue weighted by Gasteiger charge is 2.44. The molecule has 194 valence electrons. The van der Waals surface area contributed by atoms with Crippen molar-refractivity contribution < 1.29 is 33.2 Å². The van der Waals surface area contributed by atoms with Crippen LogP contribution in [0.1, 0.15) is 30.5 Å². The summed E-state index contributed by atoms with van der Waals surface area (Å²) in [5, 5.41) is 0. The molecule has 0 spiro atoms. The van der Waals surface area contributed by atoms with Gasteiger partial charge in [-0.3, -0.25) is 4.79 Å². The Morgan fingerprint density at radius 1 is 0.865 bits per heavy atom. The lowest BCUT2D eigenvalue weighted by Gasteiger charge is -2.31. The molecule has 2 aliphatic heterocycles. The molecule has 0 aliphatic carbocycles. The van der Waals surface area contributed by atoms with Crippen molar-refractivity contribution >= 4 is 5.78 Å². The average Bonchev–Trinajstić information content (AvgIpc) is 3.52. The maximum absolute atomic E-state index is 13.8. The van der Waals surface area contributed by atoms with Crippen LogP contribution in [0, 0.1) is 0 Å². The van der Waals surface area contributed by atoms with Gasteiger partial charge in [-0.2, -0.15) is 0 Å². The van der Waals surface area contributed by atoms with Crippen molar-refractivity contribution in [1.82, 2.24) is 0 Å². The van der Waals surface area contributed by atoms with Gasteiger partial charge in [0, 0.05) is 6.42 Å². The normalized spacial score (nSPS) is 19.5. The van der Waals surface area contributed by atoms with Gasteiger partial charge in [0.25, 0.3) is 0 Å². The van der Waals surface area contributed by atoms with Crippen molar-refractivity contribution in [3.63, 3.8) is 0 Å². The van der Waals surface area contributed by atoms with E-state index < -0.39 is 24.1 Å². The summed E-state index contributed by atoms with van der Waals surface area (Å²) in [5.74, 6) is 0.430. The first-order valence-corrected chi connectivity index (χ1v) is 12.5. The van der Waals surface area contributed by atoms with Crippen LogP contribution in [-0.4, -0.2) is 43.3 Å². The van der Waals surface area contributed by atoms with Gasteiger partial charge in [0.1, 0.15) is 18.3 Å². The molecule has 37 heavy (non-hydrogen) atoms. The summed E-state index contributed by atoms with van der Waals surface area (Å²) in [6.07, 6.45) is -1.87. The topological polar surface area (TPSA) is 72.5 Å². The molecule has 0 unspecified atom stereocenters. The Hall–Kier alpha value is -3.23. The molecule has 2 aliphatic rings. The van der Waals surface area contributed by atoms with Crippen LogP contribution >= 0.6 is 0 Å². The second-order valence-corrected chi connectivity index (χ2v) is 9.68. The van der Waals surface area contributed by atoms with Crippen molar-refractivity contribution in [3.05, 3.63) is 95.6 Å². The van der Waals surface area contributed by atoms with Crippen molar-refractivity contribution in [2.24, 2.45) is 0 Å². The summed E-state index contributed by atoms with van der Waals surface area (Å²) < 4.78 is 35.6. The molecule has 3 aromatic rings. The number of ketones is 1. The monoisotopic (exact) mass is 504 g/mol. The third kappa shape index (κ3) is 6.56. The van der Waals surface area contributed by atoms with E-state index in [-0.39, 0.29) is 25.6 Å². The minimum absolute atomic E-state index is 0.110. The van der Waals surface area contributed by atoms with Gasteiger partial charge in [0.2, 0.25) is 6.79 Å². The van der Waals surface area contributed by atoms with Crippen LogP contribution in [0.15, 0.2) is 78.9 Å². The third-order valence-corrected chi connectivity index (χ3v) is 6.39. The molecule has 3 aromatic carbocycles. The Morgan fingerprint density at radius 3 is 2.16 bits per heavy atom. The van der Waals surface area contributed by atoms with E-state index in [1.54, 1.807) is 0 Å². The van der Waals surface area contributed by atoms with Gasteiger partial charge >= 0.3 is 0 Å². The first-order valence-electron chi connectivity index (χ1n) is 12.5. The van der Waals surface area contributed by atoms with E-state index in [9.17, 15) is 4.79 Å². The predicted molar refractivity (Wildman–Crippen MR) is 136 cm³/mol. The van der Waals surface area contributed by atoms with Crippen LogP contribution in [0.2, 0.25) is 0 Å². The average molecular weight is 505 g/mol. The zero-order chi connectivity index (χ0) is 25.7. The fourth-order valence-electron chi connectivity index (χ4n) is 4.52. The molecule has 2 heterocycles. The lowest BCUT2D eigenvalue weighted by molar-refractivity contribution is -0.183. The first-order chi connectivity index (χ1) is 18.0. The fraction of sp³-hybridized carbons (Fsp3) is 0.367. The molecule has 7 heteroatoms. The number of benzene rings is 3. The Balaban J connectivity index is 1.40. The van der Waals surface area contributed by atoms with Gasteiger partial charge in [-0.25, -0.2) is 0 Å². The van der Waals surface area contributed by atoms with Crippen LogP contribution < -0.4 is 9.47 Å². The van der Waals surface area contributed by atoms with Gasteiger partial charge < -0.3 is 28.4 Å². The quantitative estimate of drug-likeness (QED) is 0.370. The van der Waals surface area contributed by atoms with Gasteiger partial charge in [0.05, 0.1) is 19.8 Å². The summed E-state index contributed by atoms with van der Waals surface area (Å²) in [4.78, 5) is 13.8. The van der Waals surface area contributed by atoms with Gasteiger partial charge in [-0.15, -0.1) is 0 Å². The summed E-state index contributed by atoms with van der Waals surface area (Å²) in [6.45, 7) is 4.77. The van der Waals surface area contributed by atoms with E-state index in [0.717, 1.165) is 16.7 Å². The van der Waals surface area contributed by atoms with Crippen molar-refractivity contribution in [3.8, 4) is 11.5 Å². The van der Waals surface area contributed by atoms with Gasteiger partial charge in [-0.05, 0) is 42.7 Å². The molecule has 0 bridgehead atoms. The Morgan fingerprint density at radius 2 is 1.51 bits per heavy atom. The predicted octanol–water partition coefficient (Wildman–Crippen LogP) is 4.85. The van der Waals surface area contributed by atoms with Crippen LogP contribution in [0.4, 0.5) is 0 Å². The van der Waals surface area contributed by atoms with Crippen LogP contribution in [0.25, 0.3) is 0 Å². The lowest BCUT2D eigenvalue weighted by atomic mass is 9.98. The summed E-state index contributed by atoms with van der Waals surface area (Å²) in [7, 11) is 0. The molecule has 7 nitrogen and oxygen atoms in total. The Bertz CT molecular complexity index is 1180. The fourth-order valence-corrected chi connectivity index (χ4v) is 4.52. The van der Waals surface area contributed by atoms with Crippen LogP contribution in [0.5, 0.6) is 11.5 Å². The largest absolute Gasteiger partial charge is 0.454 e. The molecule has 5 rings (SSSR count). The number of carbonyl (C=O) groups is 1. The molecule has 0 saturated carbocycles. The van der Waals surface area contributed by atoms with E-state index in [1.165, 1.54) is 0 Å². The Labute approximate surface area is 217 Å². The van der Waals surface area contributed by atoms with E-state index in [2.05, 4.69) is 0 Å². The molecular weight excluding hydrogens is 472 g/mol. The van der Waals surface area contributed by atoms with Gasteiger partial charge in [0.15, 0.2) is 23.1 Å². The molecular formula is C30H32O7. The number of ether oxygens (including phenoxy) is 6. The maximum atomic E-state index is 13.8. The van der Waals surface area contributed by atoms with Crippen molar-refractivity contribution in [1.29, 1.82) is 0 Å². The maximum Gasteiger partial charge on any atom is 0.231 e. The summed E-state index contributed by atoms with van der Waals surface area (Å²) >= 11 is 0. The van der Waals surface area contributed by atoms with E-state index in [1.807, 2.05) is 92.7 Å². The second-order valence-electron chi connectivity index (χ2n) is 9.68. The van der Waals surface area contributed by atoms with Crippen molar-refractivity contribution in [2.75, 3.05) is 13.4 Å². The number of Topliss-reactive ketones (excluding diaryl/α,β-unsaturated/α-hetero) is 1. The zero-order valence-electron chi connectivity index (χ0n) is 21.1. The van der Waals surface area contributed by atoms with E-state index in [4.69, 9.17) is 28.4 Å². The number of fused-ring (bicyclic) bond motifs is 1. The molecule has 0 amide bonds. The number of hydrogen-bond donors (Lipinski definition) is 0. The highest BCUT2D eigenvalue weighted by molar-refractivity contribution is 5.86. The molecule has 1 fully saturated rings. The second kappa shape index (κ2) is 11.4. The number of rotatable bonds is 11. The van der Waals surface area contributed by atoms with E-state index in [0.29, 0.717) is 24.7 Å². The summed E-state index contributed by atoms with van der Waals surface area (Å²) in [5.41, 5.74) is 2.78. The standard InChI is InChI=1S/C30H32O7/c1-30(2)36-19-27(37-30)29(33-18-22-11-7-4-8-12-22)28(32-17-21-9-5-3-6-10-21)24(31)15-23-13-14-25-26(16-23)35-20-34-25/h3-14,16,27-29H,15,17-20H2,1-2H3/t27-,28+,29+/m1/s1. The SMILES string of the molecule is CC1(C)OC[C@H]([C@H](OCc2ccccc2)[C@@H](OCc2ccccc2)C(=O)Cc2ccc3c(c2)OCO3)O1. The van der Waals surface area contributed by atoms with E-state index >= 15 is 0 Å². The highest BCUT2D eigenvalue weighted by Crippen LogP contribution is 2.33. The first kappa shape index (κ1) is 25.4. The lowest BCUT2D eigenvalue weighted by Crippen LogP contribution is -2.47. The molecule has 0 N–H and O–H groups in total. The third-order valence-electron chi connectivity index (χ3n) is 6.39. The smallest absolute Gasteiger partial charge is 0.231 e. The van der Waals surface area contributed by atoms with Gasteiger partial charge in [-0.1, -0.05) is 66.7 Å². The zero-order valence-corrected chi connectivity index (χ0v) is 21.1. The molecule has 3 atom stereocenters. The van der Waals surface area contributed by atoms with Crippen LogP contribution in [-0.2, 0) is 43.4 Å². The summed E-state index contributed by atoms with van der Waals surface area (Å²) in [6, 6.07) is 25.2. The Kier molecular flexibility index (Phi) is 7.86. The van der Waals surface area contributed by atoms with Crippen LogP contribution in [0.3, 0.4) is 0 Å². The highest BCUT2D eigenvalue weighted by atomic mass is 16.8. The molecule has 0 radical (unpaired) electrons. The van der Waals surface area contributed by atoms with Crippen molar-refractivity contribution in [2.45, 2.75) is 57.6 Å². The molecule has 1 saturated heterocycles. The number of hydrogen-bond acceptors (Lipinski definition) is 7. The minimum atomic E-state index is -0.878. The molecule has 0 aromatic heterocycles. The minimum Gasteiger partial charge on any atom is -0.454 e. The number of carbonyl (C=O) groups excluding carboxylic acids is 1.